The summed E-state index contributed by atoms with van der Waals surface area (Å²) >= 11 is 0. The minimum Gasteiger partial charge on any atom is -0.493 e. The van der Waals surface area contributed by atoms with Crippen molar-refractivity contribution in [1.29, 1.82) is 0 Å². The van der Waals surface area contributed by atoms with Crippen LogP contribution in [0.5, 0.6) is 5.75 Å². The molecule has 0 radical (unpaired) electrons. The molecule has 0 unspecified atom stereocenters. The van der Waals surface area contributed by atoms with E-state index in [1.807, 2.05) is 5.43 Å². The minimum absolute atomic E-state index is 0.118. The first-order valence-corrected chi connectivity index (χ1v) is 9.37. The van der Waals surface area contributed by atoms with Crippen LogP contribution in [0.25, 0.3) is 11.0 Å². The zero-order valence-electron chi connectivity index (χ0n) is 15.4. The Morgan fingerprint density at radius 2 is 1.77 bits per heavy atom. The number of amides is 1. The number of nitrogen functional groups attached to an aromatic ring is 1. The number of carbonyl (C=O) groups excluding carboxylic acids is 1. The molecule has 0 saturated heterocycles. The van der Waals surface area contributed by atoms with Gasteiger partial charge in [-0.15, -0.1) is 0 Å². The van der Waals surface area contributed by atoms with Gasteiger partial charge in [0.15, 0.2) is 0 Å². The average Bonchev–Trinajstić information content (AvgIpc) is 2.65. The highest BCUT2D eigenvalue weighted by atomic mass is 16.5. The molecule has 1 aromatic heterocycles. The predicted octanol–water partition coefficient (Wildman–Crippen LogP) is 3.92. The largest absolute Gasteiger partial charge is 0.493 e. The molecule has 0 bridgehead atoms. The van der Waals surface area contributed by atoms with Crippen molar-refractivity contribution < 1.29 is 13.9 Å². The van der Waals surface area contributed by atoms with Crippen LogP contribution in [0.15, 0.2) is 33.5 Å². The van der Waals surface area contributed by atoms with Crippen molar-refractivity contribution in [3.63, 3.8) is 0 Å². The molecular weight excluding hydrogens is 332 g/mol. The van der Waals surface area contributed by atoms with E-state index in [1.165, 1.54) is 44.6 Å². The summed E-state index contributed by atoms with van der Waals surface area (Å²) in [6, 6.07) is 6.70. The fourth-order valence-electron chi connectivity index (χ4n) is 2.84. The zero-order valence-corrected chi connectivity index (χ0v) is 15.4. The van der Waals surface area contributed by atoms with E-state index in [4.69, 9.17) is 15.0 Å². The molecule has 0 saturated carbocycles. The van der Waals surface area contributed by atoms with Crippen molar-refractivity contribution in [3.8, 4) is 5.75 Å². The summed E-state index contributed by atoms with van der Waals surface area (Å²) in [5.74, 6) is 5.04. The van der Waals surface area contributed by atoms with Gasteiger partial charge in [0.2, 0.25) is 0 Å². The molecule has 1 amide bonds. The Bertz CT molecular complexity index is 770. The number of hydrazine groups is 1. The smallest absolute Gasteiger partial charge is 0.349 e. The van der Waals surface area contributed by atoms with Crippen LogP contribution in [0.2, 0.25) is 0 Å². The molecule has 3 N–H and O–H groups in total. The lowest BCUT2D eigenvalue weighted by Crippen LogP contribution is -2.33. The number of ether oxygens (including phenoxy) is 1. The van der Waals surface area contributed by atoms with Crippen LogP contribution >= 0.6 is 0 Å². The van der Waals surface area contributed by atoms with Crippen molar-refractivity contribution in [2.24, 2.45) is 5.84 Å². The van der Waals surface area contributed by atoms with Gasteiger partial charge in [-0.3, -0.25) is 10.2 Å². The van der Waals surface area contributed by atoms with E-state index >= 15 is 0 Å². The second-order valence-electron chi connectivity index (χ2n) is 6.44. The number of unbranched alkanes of at least 4 members (excludes halogenated alkanes) is 7. The lowest BCUT2D eigenvalue weighted by atomic mass is 10.1. The molecule has 0 aliphatic rings. The Labute approximate surface area is 153 Å². The van der Waals surface area contributed by atoms with E-state index in [9.17, 15) is 9.59 Å². The van der Waals surface area contributed by atoms with Crippen LogP contribution in [-0.4, -0.2) is 12.5 Å². The van der Waals surface area contributed by atoms with Gasteiger partial charge in [-0.25, -0.2) is 10.6 Å². The first-order chi connectivity index (χ1) is 12.7. The van der Waals surface area contributed by atoms with E-state index in [0.29, 0.717) is 23.3 Å². The van der Waals surface area contributed by atoms with Gasteiger partial charge in [0, 0.05) is 11.5 Å². The minimum atomic E-state index is -0.722. The molecule has 1 heterocycles. The molecule has 26 heavy (non-hydrogen) atoms. The summed E-state index contributed by atoms with van der Waals surface area (Å²) in [7, 11) is 0. The van der Waals surface area contributed by atoms with Crippen molar-refractivity contribution >= 4 is 16.9 Å². The average molecular weight is 360 g/mol. The van der Waals surface area contributed by atoms with E-state index in [-0.39, 0.29) is 5.56 Å². The van der Waals surface area contributed by atoms with Gasteiger partial charge in [-0.2, -0.15) is 0 Å². The molecule has 6 nitrogen and oxygen atoms in total. The maximum absolute atomic E-state index is 11.8. The van der Waals surface area contributed by atoms with Crippen molar-refractivity contribution in [2.45, 2.75) is 58.3 Å². The quantitative estimate of drug-likeness (QED) is 0.208. The van der Waals surface area contributed by atoms with Gasteiger partial charge in [0.1, 0.15) is 16.9 Å². The first-order valence-electron chi connectivity index (χ1n) is 9.37. The fourth-order valence-corrected chi connectivity index (χ4v) is 2.84. The third-order valence-corrected chi connectivity index (χ3v) is 4.35. The Hall–Kier alpha value is -2.34. The van der Waals surface area contributed by atoms with E-state index in [2.05, 4.69) is 6.92 Å². The number of nitrogens with two attached hydrogens (primary N) is 1. The standard InChI is InChI=1S/C20H28N2O4/c1-2-3-4-5-6-7-8-9-12-25-16-11-10-15-13-17(19(23)22-21)20(24)26-18(15)14-16/h10-11,13-14H,2-9,12,21H2,1H3,(H,22,23). The van der Waals surface area contributed by atoms with E-state index in [0.717, 1.165) is 12.8 Å². The van der Waals surface area contributed by atoms with Crippen LogP contribution in [0.1, 0.15) is 68.6 Å². The van der Waals surface area contributed by atoms with Crippen LogP contribution in [0, 0.1) is 0 Å². The molecule has 2 rings (SSSR count). The Balaban J connectivity index is 1.82. The van der Waals surface area contributed by atoms with E-state index in [1.54, 1.807) is 18.2 Å². The number of nitrogens with one attached hydrogen (secondary N) is 1. The van der Waals surface area contributed by atoms with E-state index < -0.39 is 11.5 Å². The molecule has 0 atom stereocenters. The van der Waals surface area contributed by atoms with Gasteiger partial charge in [-0.1, -0.05) is 51.9 Å². The zero-order chi connectivity index (χ0) is 18.8. The van der Waals surface area contributed by atoms with Crippen molar-refractivity contribution in [1.82, 2.24) is 5.43 Å². The van der Waals surface area contributed by atoms with Gasteiger partial charge in [0.25, 0.3) is 5.91 Å². The molecular formula is C20H28N2O4. The highest BCUT2D eigenvalue weighted by molar-refractivity contribution is 5.96. The number of benzene rings is 1. The fraction of sp³-hybridized carbons (Fsp3) is 0.500. The topological polar surface area (TPSA) is 94.6 Å². The number of hydrogen-bond acceptors (Lipinski definition) is 5. The Kier molecular flexibility index (Phi) is 8.15. The monoisotopic (exact) mass is 360 g/mol. The molecule has 0 fully saturated rings. The maximum Gasteiger partial charge on any atom is 0.349 e. The third-order valence-electron chi connectivity index (χ3n) is 4.35. The second kappa shape index (κ2) is 10.6. The van der Waals surface area contributed by atoms with Gasteiger partial charge in [0.05, 0.1) is 6.61 Å². The lowest BCUT2D eigenvalue weighted by molar-refractivity contribution is 0.0950. The normalized spacial score (nSPS) is 10.8. The molecule has 6 heteroatoms. The van der Waals surface area contributed by atoms with Crippen molar-refractivity contribution in [2.75, 3.05) is 6.61 Å². The van der Waals surface area contributed by atoms with Crippen LogP contribution in [0.4, 0.5) is 0 Å². The molecule has 2 aromatic rings. The molecule has 1 aromatic carbocycles. The Morgan fingerprint density at radius 1 is 1.08 bits per heavy atom. The van der Waals surface area contributed by atoms with Gasteiger partial charge in [-0.05, 0) is 24.6 Å². The summed E-state index contributed by atoms with van der Waals surface area (Å²) in [4.78, 5) is 23.4. The molecule has 0 spiro atoms. The number of fused-ring (bicyclic) bond motifs is 1. The second-order valence-corrected chi connectivity index (χ2v) is 6.44. The number of rotatable bonds is 11. The summed E-state index contributed by atoms with van der Waals surface area (Å²) in [5.41, 5.74) is 1.48. The SMILES string of the molecule is CCCCCCCCCCOc1ccc2cc(C(=O)NN)c(=O)oc2c1. The highest BCUT2D eigenvalue weighted by Crippen LogP contribution is 2.21. The van der Waals surface area contributed by atoms with Crippen LogP contribution in [-0.2, 0) is 0 Å². The maximum atomic E-state index is 11.8. The van der Waals surface area contributed by atoms with Gasteiger partial charge < -0.3 is 9.15 Å². The van der Waals surface area contributed by atoms with Crippen LogP contribution < -0.4 is 21.6 Å². The Morgan fingerprint density at radius 3 is 2.46 bits per heavy atom. The number of carbonyl (C=O) groups is 1. The van der Waals surface area contributed by atoms with Crippen LogP contribution in [0.3, 0.4) is 0 Å². The summed E-state index contributed by atoms with van der Waals surface area (Å²) in [5, 5.41) is 0.641. The summed E-state index contributed by atoms with van der Waals surface area (Å²) in [6.07, 6.45) is 9.97. The molecule has 142 valence electrons. The van der Waals surface area contributed by atoms with Crippen molar-refractivity contribution in [3.05, 3.63) is 40.2 Å². The predicted molar refractivity (Wildman–Crippen MR) is 102 cm³/mol. The molecule has 0 aliphatic carbocycles. The number of hydrogen-bond donors (Lipinski definition) is 2. The highest BCUT2D eigenvalue weighted by Gasteiger charge is 2.12. The van der Waals surface area contributed by atoms with Gasteiger partial charge >= 0.3 is 5.63 Å². The first kappa shape index (κ1) is 20.0. The summed E-state index contributed by atoms with van der Waals surface area (Å²) in [6.45, 7) is 2.86. The summed E-state index contributed by atoms with van der Waals surface area (Å²) < 4.78 is 10.9. The third kappa shape index (κ3) is 5.88. The molecule has 0 aliphatic heterocycles. The lowest BCUT2D eigenvalue weighted by Gasteiger charge is -2.07.